The summed E-state index contributed by atoms with van der Waals surface area (Å²) < 4.78 is 25.6. The predicted octanol–water partition coefficient (Wildman–Crippen LogP) is 2.24. The van der Waals surface area contributed by atoms with Gasteiger partial charge in [-0.3, -0.25) is 9.78 Å². The van der Waals surface area contributed by atoms with Crippen LogP contribution in [0.25, 0.3) is 22.6 Å². The minimum Gasteiger partial charge on any atom is -0.472 e. The van der Waals surface area contributed by atoms with Crippen LogP contribution in [0.2, 0.25) is 0 Å². The van der Waals surface area contributed by atoms with Crippen molar-refractivity contribution in [2.75, 3.05) is 18.2 Å². The molecule has 0 spiro atoms. The topological polar surface area (TPSA) is 121 Å². The number of halogens is 1. The van der Waals surface area contributed by atoms with Gasteiger partial charge in [0.25, 0.3) is 0 Å². The summed E-state index contributed by atoms with van der Waals surface area (Å²) >= 11 is 0. The molecule has 0 aliphatic carbocycles. The van der Waals surface area contributed by atoms with Crippen LogP contribution in [0.15, 0.2) is 48.5 Å². The Morgan fingerprint density at radius 3 is 2.76 bits per heavy atom. The fourth-order valence-electron chi connectivity index (χ4n) is 3.13. The van der Waals surface area contributed by atoms with Gasteiger partial charge in [0, 0.05) is 29.2 Å². The first kappa shape index (κ1) is 22.3. The van der Waals surface area contributed by atoms with E-state index < -0.39 is 17.8 Å². The van der Waals surface area contributed by atoms with Crippen LogP contribution in [-0.4, -0.2) is 50.5 Å². The van der Waals surface area contributed by atoms with Crippen LogP contribution in [0, 0.1) is 11.7 Å². The van der Waals surface area contributed by atoms with E-state index in [-0.39, 0.29) is 19.3 Å². The lowest BCUT2D eigenvalue weighted by Gasteiger charge is -2.15. The maximum atomic E-state index is 14.9. The molecule has 0 amide bonds. The van der Waals surface area contributed by atoms with Crippen LogP contribution in [0.3, 0.4) is 0 Å². The van der Waals surface area contributed by atoms with Gasteiger partial charge in [-0.05, 0) is 35.4 Å². The lowest BCUT2D eigenvalue weighted by atomic mass is 10.1. The number of rotatable bonds is 7. The van der Waals surface area contributed by atoms with Gasteiger partial charge in [0.2, 0.25) is 5.82 Å². The normalized spacial score (nSPS) is 14.2. The Morgan fingerprint density at radius 1 is 1.30 bits per heavy atom. The van der Waals surface area contributed by atoms with E-state index in [4.69, 9.17) is 15.2 Å². The molecular weight excluding hydrogens is 429 g/mol. The first-order valence-electron chi connectivity index (χ1n) is 10.3. The van der Waals surface area contributed by atoms with Crippen LogP contribution in [0.1, 0.15) is 13.8 Å². The van der Waals surface area contributed by atoms with Crippen molar-refractivity contribution in [3.05, 3.63) is 54.3 Å². The van der Waals surface area contributed by atoms with Crippen molar-refractivity contribution in [3.63, 3.8) is 0 Å². The second-order valence-electron chi connectivity index (χ2n) is 7.91. The standard InChI is InChI=1S/C22H24FN7O3/c1-13(2)20(24)22(31)32-11-16-10-30(12-33-16)15-5-6-17(18(23)8-15)14-4-7-19(25-9-14)21-26-28-29(3)27-21/h4-10,13,20H,11-12,24H2,1-3H3/t20-/m1/s1. The van der Waals surface area contributed by atoms with Crippen molar-refractivity contribution in [1.29, 1.82) is 0 Å². The van der Waals surface area contributed by atoms with E-state index in [0.717, 1.165) is 0 Å². The van der Waals surface area contributed by atoms with Gasteiger partial charge in [-0.2, -0.15) is 4.80 Å². The molecule has 1 atom stereocenters. The lowest BCUT2D eigenvalue weighted by molar-refractivity contribution is -0.146. The van der Waals surface area contributed by atoms with Crippen molar-refractivity contribution in [1.82, 2.24) is 25.2 Å². The van der Waals surface area contributed by atoms with Crippen LogP contribution < -0.4 is 10.6 Å². The number of hydrogen-bond donors (Lipinski definition) is 1. The Labute approximate surface area is 189 Å². The smallest absolute Gasteiger partial charge is 0.323 e. The van der Waals surface area contributed by atoms with Crippen molar-refractivity contribution in [2.24, 2.45) is 18.7 Å². The number of hydrogen-bond acceptors (Lipinski definition) is 9. The fourth-order valence-corrected chi connectivity index (χ4v) is 3.13. The Bertz CT molecular complexity index is 1180. The van der Waals surface area contributed by atoms with Gasteiger partial charge >= 0.3 is 5.97 Å². The molecule has 2 N–H and O–H groups in total. The average molecular weight is 453 g/mol. The molecule has 1 aromatic carbocycles. The zero-order valence-electron chi connectivity index (χ0n) is 18.5. The van der Waals surface area contributed by atoms with E-state index in [1.54, 1.807) is 48.6 Å². The number of esters is 1. The second-order valence-corrected chi connectivity index (χ2v) is 7.91. The minimum atomic E-state index is -0.690. The molecule has 0 unspecified atom stereocenters. The number of benzene rings is 1. The SMILES string of the molecule is CC(C)[C@@H](N)C(=O)OCC1=CN(c2ccc(-c3ccc(-c4nnn(C)n4)nc3)c(F)c2)CO1. The number of tetrazole rings is 1. The highest BCUT2D eigenvalue weighted by atomic mass is 19.1. The summed E-state index contributed by atoms with van der Waals surface area (Å²) in [5, 5.41) is 11.8. The Kier molecular flexibility index (Phi) is 6.31. The first-order valence-corrected chi connectivity index (χ1v) is 10.3. The highest BCUT2D eigenvalue weighted by molar-refractivity contribution is 5.76. The maximum absolute atomic E-state index is 14.9. The van der Waals surface area contributed by atoms with E-state index in [1.807, 2.05) is 13.8 Å². The molecular formula is C22H24FN7O3. The summed E-state index contributed by atoms with van der Waals surface area (Å²) in [4.78, 5) is 19.3. The third-order valence-electron chi connectivity index (χ3n) is 5.13. The van der Waals surface area contributed by atoms with Gasteiger partial charge in [0.1, 0.15) is 24.2 Å². The summed E-state index contributed by atoms with van der Waals surface area (Å²) in [6.45, 7) is 3.84. The van der Waals surface area contributed by atoms with Crippen LogP contribution in [0.4, 0.5) is 10.1 Å². The van der Waals surface area contributed by atoms with Gasteiger partial charge in [-0.15, -0.1) is 10.2 Å². The van der Waals surface area contributed by atoms with Gasteiger partial charge in [-0.1, -0.05) is 19.9 Å². The largest absolute Gasteiger partial charge is 0.472 e. The molecule has 172 valence electrons. The summed E-state index contributed by atoms with van der Waals surface area (Å²) in [6.07, 6.45) is 3.24. The molecule has 11 heteroatoms. The quantitative estimate of drug-likeness (QED) is 0.537. The Hall–Kier alpha value is -3.86. The molecule has 1 aliphatic rings. The van der Waals surface area contributed by atoms with Gasteiger partial charge in [-0.25, -0.2) is 4.39 Å². The molecule has 4 rings (SSSR count). The zero-order valence-corrected chi connectivity index (χ0v) is 18.5. The van der Waals surface area contributed by atoms with Gasteiger partial charge < -0.3 is 20.1 Å². The lowest BCUT2D eigenvalue weighted by Crippen LogP contribution is -2.37. The number of aryl methyl sites for hydroxylation is 1. The molecule has 33 heavy (non-hydrogen) atoms. The molecule has 0 fully saturated rings. The minimum absolute atomic E-state index is 0.0240. The van der Waals surface area contributed by atoms with Crippen molar-refractivity contribution in [3.8, 4) is 22.6 Å². The van der Waals surface area contributed by atoms with Crippen LogP contribution in [-0.2, 0) is 21.3 Å². The van der Waals surface area contributed by atoms with Crippen molar-refractivity contribution in [2.45, 2.75) is 19.9 Å². The molecule has 0 saturated heterocycles. The van der Waals surface area contributed by atoms with E-state index in [9.17, 15) is 9.18 Å². The monoisotopic (exact) mass is 453 g/mol. The molecule has 2 aromatic heterocycles. The van der Waals surface area contributed by atoms with E-state index in [1.165, 1.54) is 10.9 Å². The molecule has 3 aromatic rings. The number of carbonyl (C=O) groups excluding carboxylic acids is 1. The third-order valence-corrected chi connectivity index (χ3v) is 5.13. The number of nitrogens with zero attached hydrogens (tertiary/aromatic N) is 6. The number of aromatic nitrogens is 5. The highest BCUT2D eigenvalue weighted by Gasteiger charge is 2.22. The maximum Gasteiger partial charge on any atom is 0.323 e. The number of pyridine rings is 1. The number of nitrogens with two attached hydrogens (primary N) is 1. The van der Waals surface area contributed by atoms with Crippen LogP contribution >= 0.6 is 0 Å². The van der Waals surface area contributed by atoms with Gasteiger partial charge in [0.05, 0.1) is 7.05 Å². The predicted molar refractivity (Wildman–Crippen MR) is 118 cm³/mol. The molecule has 1 aliphatic heterocycles. The molecule has 0 bridgehead atoms. The summed E-state index contributed by atoms with van der Waals surface area (Å²) in [5.74, 6) is -0.0625. The first-order chi connectivity index (χ1) is 15.8. The van der Waals surface area contributed by atoms with E-state index in [0.29, 0.717) is 34.1 Å². The highest BCUT2D eigenvalue weighted by Crippen LogP contribution is 2.29. The second kappa shape index (κ2) is 9.33. The number of ether oxygens (including phenoxy) is 2. The van der Waals surface area contributed by atoms with E-state index in [2.05, 4.69) is 20.4 Å². The summed E-state index contributed by atoms with van der Waals surface area (Å²) in [6, 6.07) is 7.65. The molecule has 0 radical (unpaired) electrons. The zero-order chi connectivity index (χ0) is 23.5. The van der Waals surface area contributed by atoms with Crippen molar-refractivity contribution >= 4 is 11.7 Å². The van der Waals surface area contributed by atoms with Gasteiger partial charge in [0.15, 0.2) is 12.5 Å². The fraction of sp³-hybridized carbons (Fsp3) is 0.318. The van der Waals surface area contributed by atoms with Crippen molar-refractivity contribution < 1.29 is 18.7 Å². The van der Waals surface area contributed by atoms with E-state index >= 15 is 0 Å². The van der Waals surface area contributed by atoms with Crippen LogP contribution in [0.5, 0.6) is 0 Å². The molecule has 0 saturated carbocycles. The Balaban J connectivity index is 1.43. The Morgan fingerprint density at radius 2 is 2.12 bits per heavy atom. The average Bonchev–Trinajstić information content (AvgIpc) is 3.46. The summed E-state index contributed by atoms with van der Waals surface area (Å²) in [5.41, 5.74) is 7.96. The third kappa shape index (κ3) is 4.98. The molecule has 10 nitrogen and oxygen atoms in total. The molecule has 3 heterocycles. The summed E-state index contributed by atoms with van der Waals surface area (Å²) in [7, 11) is 1.67. The number of carbonyl (C=O) groups is 1. The number of anilines is 1.